The molecule has 1 aliphatic heterocycles. The lowest BCUT2D eigenvalue weighted by Crippen LogP contribution is -2.47. The molecule has 4 heteroatoms. The number of hydrogen-bond acceptors (Lipinski definition) is 2. The SMILES string of the molecule is CCCCC1CC(N)CN(c2ccc(F)cc2F)C1. The van der Waals surface area contributed by atoms with Gasteiger partial charge in [-0.3, -0.25) is 0 Å². The molecule has 0 amide bonds. The molecule has 1 fully saturated rings. The van der Waals surface area contributed by atoms with Crippen LogP contribution in [0.3, 0.4) is 0 Å². The van der Waals surface area contributed by atoms with Crippen LogP contribution in [0.1, 0.15) is 32.6 Å². The molecule has 0 spiro atoms. The standard InChI is InChI=1S/C15H22F2N2/c1-2-3-4-11-7-13(18)10-19(9-11)15-6-5-12(16)8-14(15)17/h5-6,8,11,13H,2-4,7,9-10,18H2,1H3. The molecule has 0 aliphatic carbocycles. The van der Waals surface area contributed by atoms with Crippen LogP contribution >= 0.6 is 0 Å². The molecule has 1 aromatic rings. The van der Waals surface area contributed by atoms with Crippen molar-refractivity contribution in [2.45, 2.75) is 38.6 Å². The third kappa shape index (κ3) is 3.66. The van der Waals surface area contributed by atoms with E-state index in [1.807, 2.05) is 4.90 Å². The van der Waals surface area contributed by atoms with Crippen molar-refractivity contribution in [2.75, 3.05) is 18.0 Å². The van der Waals surface area contributed by atoms with Crippen LogP contribution in [0.25, 0.3) is 0 Å². The van der Waals surface area contributed by atoms with Crippen LogP contribution in [0.5, 0.6) is 0 Å². The van der Waals surface area contributed by atoms with Gasteiger partial charge < -0.3 is 10.6 Å². The van der Waals surface area contributed by atoms with Crippen LogP contribution in [-0.2, 0) is 0 Å². The Morgan fingerprint density at radius 1 is 1.32 bits per heavy atom. The van der Waals surface area contributed by atoms with Gasteiger partial charge in [-0.1, -0.05) is 19.8 Å². The predicted molar refractivity (Wildman–Crippen MR) is 74.2 cm³/mol. The monoisotopic (exact) mass is 268 g/mol. The van der Waals surface area contributed by atoms with E-state index in [1.54, 1.807) is 0 Å². The minimum Gasteiger partial charge on any atom is -0.367 e. The second-order valence-corrected chi connectivity index (χ2v) is 5.50. The molecule has 1 heterocycles. The maximum Gasteiger partial charge on any atom is 0.149 e. The normalized spacial score (nSPS) is 23.7. The van der Waals surface area contributed by atoms with Gasteiger partial charge in [0.1, 0.15) is 11.6 Å². The molecule has 2 N–H and O–H groups in total. The molecule has 1 aliphatic rings. The Morgan fingerprint density at radius 3 is 2.79 bits per heavy atom. The van der Waals surface area contributed by atoms with Crippen LogP contribution in [0.15, 0.2) is 18.2 Å². The second kappa shape index (κ2) is 6.33. The van der Waals surface area contributed by atoms with E-state index in [-0.39, 0.29) is 6.04 Å². The van der Waals surface area contributed by atoms with Gasteiger partial charge in [-0.05, 0) is 30.9 Å². The van der Waals surface area contributed by atoms with Gasteiger partial charge in [-0.25, -0.2) is 8.78 Å². The number of benzene rings is 1. The van der Waals surface area contributed by atoms with E-state index in [2.05, 4.69) is 6.92 Å². The largest absolute Gasteiger partial charge is 0.367 e. The zero-order chi connectivity index (χ0) is 13.8. The molecule has 2 atom stereocenters. The molecule has 0 radical (unpaired) electrons. The van der Waals surface area contributed by atoms with Crippen molar-refractivity contribution < 1.29 is 8.78 Å². The first-order valence-corrected chi connectivity index (χ1v) is 7.05. The minimum atomic E-state index is -0.537. The zero-order valence-electron chi connectivity index (χ0n) is 11.4. The first-order valence-electron chi connectivity index (χ1n) is 7.05. The van der Waals surface area contributed by atoms with Crippen molar-refractivity contribution in [1.29, 1.82) is 0 Å². The lowest BCUT2D eigenvalue weighted by molar-refractivity contribution is 0.347. The zero-order valence-corrected chi connectivity index (χ0v) is 11.4. The summed E-state index contributed by atoms with van der Waals surface area (Å²) < 4.78 is 26.8. The van der Waals surface area contributed by atoms with E-state index in [0.717, 1.165) is 31.9 Å². The number of unbranched alkanes of at least 4 members (excludes halogenated alkanes) is 1. The smallest absolute Gasteiger partial charge is 0.149 e. The Balaban J connectivity index is 2.10. The van der Waals surface area contributed by atoms with Crippen LogP contribution in [0.2, 0.25) is 0 Å². The maximum absolute atomic E-state index is 13.8. The highest BCUT2D eigenvalue weighted by Gasteiger charge is 2.26. The summed E-state index contributed by atoms with van der Waals surface area (Å²) in [5.74, 6) is -0.526. The molecule has 0 bridgehead atoms. The molecule has 0 saturated carbocycles. The van der Waals surface area contributed by atoms with Crippen molar-refractivity contribution in [3.8, 4) is 0 Å². The Hall–Kier alpha value is -1.16. The highest BCUT2D eigenvalue weighted by atomic mass is 19.1. The highest BCUT2D eigenvalue weighted by molar-refractivity contribution is 5.48. The van der Waals surface area contributed by atoms with Crippen molar-refractivity contribution in [3.05, 3.63) is 29.8 Å². The predicted octanol–water partition coefficient (Wildman–Crippen LogP) is 3.31. The summed E-state index contributed by atoms with van der Waals surface area (Å²) in [6.07, 6.45) is 4.47. The number of hydrogen-bond donors (Lipinski definition) is 1. The maximum atomic E-state index is 13.8. The van der Waals surface area contributed by atoms with Gasteiger partial charge in [0.25, 0.3) is 0 Å². The summed E-state index contributed by atoms with van der Waals surface area (Å²) in [7, 11) is 0. The number of nitrogens with zero attached hydrogens (tertiary/aromatic N) is 1. The fourth-order valence-corrected chi connectivity index (χ4v) is 2.88. The first kappa shape index (κ1) is 14.3. The Kier molecular flexibility index (Phi) is 4.75. The van der Waals surface area contributed by atoms with Gasteiger partial charge in [0.2, 0.25) is 0 Å². The summed E-state index contributed by atoms with van der Waals surface area (Å²) >= 11 is 0. The number of piperidine rings is 1. The van der Waals surface area contributed by atoms with Crippen molar-refractivity contribution in [3.63, 3.8) is 0 Å². The van der Waals surface area contributed by atoms with Crippen molar-refractivity contribution in [1.82, 2.24) is 0 Å². The van der Waals surface area contributed by atoms with E-state index < -0.39 is 11.6 Å². The quantitative estimate of drug-likeness (QED) is 0.907. The number of halogens is 2. The number of anilines is 1. The molecule has 106 valence electrons. The Morgan fingerprint density at radius 2 is 2.11 bits per heavy atom. The molecule has 19 heavy (non-hydrogen) atoms. The summed E-state index contributed by atoms with van der Waals surface area (Å²) in [4.78, 5) is 1.96. The Labute approximate surface area is 113 Å². The lowest BCUT2D eigenvalue weighted by Gasteiger charge is -2.38. The van der Waals surface area contributed by atoms with E-state index >= 15 is 0 Å². The van der Waals surface area contributed by atoms with Gasteiger partial charge in [0.15, 0.2) is 0 Å². The van der Waals surface area contributed by atoms with E-state index in [0.29, 0.717) is 18.2 Å². The molecule has 2 rings (SSSR count). The minimum absolute atomic E-state index is 0.0695. The number of rotatable bonds is 4. The highest BCUT2D eigenvalue weighted by Crippen LogP contribution is 2.28. The molecule has 1 saturated heterocycles. The van der Waals surface area contributed by atoms with Crippen LogP contribution in [0, 0.1) is 17.6 Å². The van der Waals surface area contributed by atoms with Crippen molar-refractivity contribution in [2.24, 2.45) is 11.7 Å². The molecular formula is C15H22F2N2. The number of nitrogens with two attached hydrogens (primary N) is 1. The second-order valence-electron chi connectivity index (χ2n) is 5.50. The Bertz CT molecular complexity index is 423. The van der Waals surface area contributed by atoms with Crippen molar-refractivity contribution >= 4 is 5.69 Å². The molecular weight excluding hydrogens is 246 g/mol. The molecule has 0 aromatic heterocycles. The summed E-state index contributed by atoms with van der Waals surface area (Å²) in [6, 6.07) is 3.83. The average molecular weight is 268 g/mol. The van der Waals surface area contributed by atoms with E-state index in [1.165, 1.54) is 18.6 Å². The van der Waals surface area contributed by atoms with Gasteiger partial charge >= 0.3 is 0 Å². The lowest BCUT2D eigenvalue weighted by atomic mass is 9.90. The van der Waals surface area contributed by atoms with Gasteiger partial charge in [0, 0.05) is 25.2 Å². The fourth-order valence-electron chi connectivity index (χ4n) is 2.88. The topological polar surface area (TPSA) is 29.3 Å². The summed E-state index contributed by atoms with van der Waals surface area (Å²) in [5.41, 5.74) is 6.54. The fraction of sp³-hybridized carbons (Fsp3) is 0.600. The molecule has 2 nitrogen and oxygen atoms in total. The van der Waals surface area contributed by atoms with Crippen LogP contribution in [-0.4, -0.2) is 19.1 Å². The van der Waals surface area contributed by atoms with Gasteiger partial charge in [-0.2, -0.15) is 0 Å². The summed E-state index contributed by atoms with van der Waals surface area (Å²) in [5, 5.41) is 0. The first-order chi connectivity index (χ1) is 9.10. The van der Waals surface area contributed by atoms with Gasteiger partial charge in [0.05, 0.1) is 5.69 Å². The third-order valence-electron chi connectivity index (χ3n) is 3.79. The molecule has 2 unspecified atom stereocenters. The van der Waals surface area contributed by atoms with Crippen LogP contribution < -0.4 is 10.6 Å². The van der Waals surface area contributed by atoms with E-state index in [4.69, 9.17) is 5.73 Å². The average Bonchev–Trinajstić information content (AvgIpc) is 2.35. The van der Waals surface area contributed by atoms with E-state index in [9.17, 15) is 8.78 Å². The van der Waals surface area contributed by atoms with Crippen LogP contribution in [0.4, 0.5) is 14.5 Å². The summed E-state index contributed by atoms with van der Waals surface area (Å²) in [6.45, 7) is 3.63. The van der Waals surface area contributed by atoms with Gasteiger partial charge in [-0.15, -0.1) is 0 Å². The third-order valence-corrected chi connectivity index (χ3v) is 3.79. The molecule has 1 aromatic carbocycles.